The second-order valence-electron chi connectivity index (χ2n) is 6.00. The van der Waals surface area contributed by atoms with Crippen molar-refractivity contribution in [2.75, 3.05) is 17.2 Å². The fourth-order valence-electron chi connectivity index (χ4n) is 3.12. The summed E-state index contributed by atoms with van der Waals surface area (Å²) in [6.07, 6.45) is 0.734. The van der Waals surface area contributed by atoms with Crippen LogP contribution in [0.2, 0.25) is 0 Å². The molecule has 1 amide bonds. The van der Waals surface area contributed by atoms with Gasteiger partial charge in [0.2, 0.25) is 5.91 Å². The standard InChI is InChI=1S/C20H18N2O/c23-20-17(13-21-18-7-3-4-8-19(18)22-20)12-14-9-10-15-5-1-2-6-16(15)11-14/h1-11,17,21H,12-13H2,(H,22,23). The lowest BCUT2D eigenvalue weighted by atomic mass is 9.96. The molecule has 1 aliphatic rings. The summed E-state index contributed by atoms with van der Waals surface area (Å²) in [6.45, 7) is 0.648. The van der Waals surface area contributed by atoms with E-state index in [0.29, 0.717) is 6.54 Å². The molecule has 1 aliphatic heterocycles. The lowest BCUT2D eigenvalue weighted by Crippen LogP contribution is -2.27. The first-order valence-corrected chi connectivity index (χ1v) is 7.91. The molecule has 0 saturated carbocycles. The van der Waals surface area contributed by atoms with Gasteiger partial charge in [-0.15, -0.1) is 0 Å². The summed E-state index contributed by atoms with van der Waals surface area (Å²) in [5.74, 6) is -0.000768. The van der Waals surface area contributed by atoms with Crippen molar-refractivity contribution in [2.24, 2.45) is 5.92 Å². The van der Waals surface area contributed by atoms with Crippen LogP contribution >= 0.6 is 0 Å². The molecule has 1 atom stereocenters. The van der Waals surface area contributed by atoms with Crippen molar-refractivity contribution in [2.45, 2.75) is 6.42 Å². The summed E-state index contributed by atoms with van der Waals surface area (Å²) in [6, 6.07) is 22.6. The smallest absolute Gasteiger partial charge is 0.229 e. The summed E-state index contributed by atoms with van der Waals surface area (Å²) in [5, 5.41) is 8.85. The third-order valence-electron chi connectivity index (χ3n) is 4.39. The van der Waals surface area contributed by atoms with Crippen molar-refractivity contribution in [3.63, 3.8) is 0 Å². The Morgan fingerprint density at radius 1 is 0.870 bits per heavy atom. The molecule has 0 saturated heterocycles. The number of hydrogen-bond donors (Lipinski definition) is 2. The minimum atomic E-state index is -0.0800. The minimum Gasteiger partial charge on any atom is -0.383 e. The highest BCUT2D eigenvalue weighted by molar-refractivity contribution is 5.97. The Labute approximate surface area is 135 Å². The third kappa shape index (κ3) is 2.78. The molecule has 23 heavy (non-hydrogen) atoms. The first-order chi connectivity index (χ1) is 11.3. The van der Waals surface area contributed by atoms with Crippen LogP contribution in [0, 0.1) is 5.92 Å². The summed E-state index contributed by atoms with van der Waals surface area (Å²) < 4.78 is 0. The molecular weight excluding hydrogens is 284 g/mol. The number of para-hydroxylation sites is 2. The number of anilines is 2. The van der Waals surface area contributed by atoms with Crippen molar-refractivity contribution in [3.05, 3.63) is 72.3 Å². The maximum Gasteiger partial charge on any atom is 0.229 e. The fraction of sp³-hybridized carbons (Fsp3) is 0.150. The average molecular weight is 302 g/mol. The Bertz CT molecular complexity index is 872. The molecule has 0 radical (unpaired) electrons. The number of carbonyl (C=O) groups is 1. The molecule has 3 aromatic carbocycles. The number of nitrogens with one attached hydrogen (secondary N) is 2. The number of fused-ring (bicyclic) bond motifs is 2. The Hall–Kier alpha value is -2.81. The van der Waals surface area contributed by atoms with Crippen LogP contribution in [0.15, 0.2) is 66.7 Å². The lowest BCUT2D eigenvalue weighted by molar-refractivity contribution is -0.119. The number of rotatable bonds is 2. The van der Waals surface area contributed by atoms with Gasteiger partial charge in [-0.25, -0.2) is 0 Å². The van der Waals surface area contributed by atoms with E-state index >= 15 is 0 Å². The molecule has 4 rings (SSSR count). The van der Waals surface area contributed by atoms with E-state index in [4.69, 9.17) is 0 Å². The van der Waals surface area contributed by atoms with Gasteiger partial charge in [0.15, 0.2) is 0 Å². The number of amides is 1. The molecule has 0 fully saturated rings. The van der Waals surface area contributed by atoms with E-state index in [1.165, 1.54) is 16.3 Å². The zero-order chi connectivity index (χ0) is 15.6. The molecule has 3 aromatic rings. The minimum absolute atomic E-state index is 0.0793. The van der Waals surface area contributed by atoms with Gasteiger partial charge in [-0.1, -0.05) is 54.6 Å². The Kier molecular flexibility index (Phi) is 3.46. The van der Waals surface area contributed by atoms with Gasteiger partial charge < -0.3 is 10.6 Å². The maximum absolute atomic E-state index is 12.5. The van der Waals surface area contributed by atoms with Gasteiger partial charge in [0.05, 0.1) is 17.3 Å². The molecule has 0 spiro atoms. The zero-order valence-corrected chi connectivity index (χ0v) is 12.8. The lowest BCUT2D eigenvalue weighted by Gasteiger charge is -2.14. The van der Waals surface area contributed by atoms with Gasteiger partial charge in [0, 0.05) is 6.54 Å². The van der Waals surface area contributed by atoms with E-state index in [-0.39, 0.29) is 11.8 Å². The molecule has 3 heteroatoms. The summed E-state index contributed by atoms with van der Waals surface area (Å²) in [7, 11) is 0. The van der Waals surface area contributed by atoms with Crippen LogP contribution in [-0.4, -0.2) is 12.5 Å². The first-order valence-electron chi connectivity index (χ1n) is 7.91. The van der Waals surface area contributed by atoms with Crippen molar-refractivity contribution in [1.82, 2.24) is 0 Å². The topological polar surface area (TPSA) is 41.1 Å². The highest BCUT2D eigenvalue weighted by atomic mass is 16.1. The van der Waals surface area contributed by atoms with Crippen LogP contribution < -0.4 is 10.6 Å². The number of carbonyl (C=O) groups excluding carboxylic acids is 1. The summed E-state index contributed by atoms with van der Waals surface area (Å²) in [4.78, 5) is 12.5. The molecule has 0 aromatic heterocycles. The highest BCUT2D eigenvalue weighted by Crippen LogP contribution is 2.26. The van der Waals surface area contributed by atoms with Crippen molar-refractivity contribution in [1.29, 1.82) is 0 Å². The molecule has 0 aliphatic carbocycles. The highest BCUT2D eigenvalue weighted by Gasteiger charge is 2.23. The average Bonchev–Trinajstić information content (AvgIpc) is 2.74. The fourth-order valence-corrected chi connectivity index (χ4v) is 3.12. The van der Waals surface area contributed by atoms with Crippen LogP contribution in [-0.2, 0) is 11.2 Å². The number of hydrogen-bond acceptors (Lipinski definition) is 2. The maximum atomic E-state index is 12.5. The predicted molar refractivity (Wildman–Crippen MR) is 94.7 cm³/mol. The van der Waals surface area contributed by atoms with Gasteiger partial charge >= 0.3 is 0 Å². The van der Waals surface area contributed by atoms with Gasteiger partial charge in [0.1, 0.15) is 0 Å². The van der Waals surface area contributed by atoms with E-state index in [9.17, 15) is 4.79 Å². The zero-order valence-electron chi connectivity index (χ0n) is 12.8. The SMILES string of the molecule is O=C1Nc2ccccc2NCC1Cc1ccc2ccccc2c1. The Morgan fingerprint density at radius 3 is 2.48 bits per heavy atom. The summed E-state index contributed by atoms with van der Waals surface area (Å²) >= 11 is 0. The largest absolute Gasteiger partial charge is 0.383 e. The molecule has 2 N–H and O–H groups in total. The van der Waals surface area contributed by atoms with E-state index in [1.54, 1.807) is 0 Å². The summed E-state index contributed by atoms with van der Waals surface area (Å²) in [5.41, 5.74) is 3.04. The molecule has 1 heterocycles. The van der Waals surface area contributed by atoms with Crippen LogP contribution in [0.5, 0.6) is 0 Å². The van der Waals surface area contributed by atoms with Gasteiger partial charge in [-0.2, -0.15) is 0 Å². The van der Waals surface area contributed by atoms with E-state index < -0.39 is 0 Å². The van der Waals surface area contributed by atoms with Crippen LogP contribution in [0.25, 0.3) is 10.8 Å². The Morgan fingerprint density at radius 2 is 1.61 bits per heavy atom. The molecule has 114 valence electrons. The van der Waals surface area contributed by atoms with E-state index in [2.05, 4.69) is 41.0 Å². The quantitative estimate of drug-likeness (QED) is 0.749. The van der Waals surface area contributed by atoms with Crippen molar-refractivity contribution in [3.8, 4) is 0 Å². The van der Waals surface area contributed by atoms with Gasteiger partial charge in [-0.05, 0) is 34.9 Å². The van der Waals surface area contributed by atoms with Crippen LogP contribution in [0.4, 0.5) is 11.4 Å². The normalized spacial score (nSPS) is 17.0. The number of benzene rings is 3. The second-order valence-corrected chi connectivity index (χ2v) is 6.00. The van der Waals surface area contributed by atoms with Crippen molar-refractivity contribution >= 4 is 28.1 Å². The molecule has 0 bridgehead atoms. The van der Waals surface area contributed by atoms with Crippen LogP contribution in [0.3, 0.4) is 0 Å². The van der Waals surface area contributed by atoms with Crippen LogP contribution in [0.1, 0.15) is 5.56 Å². The predicted octanol–water partition coefficient (Wildman–Crippen LogP) is 4.06. The van der Waals surface area contributed by atoms with Crippen molar-refractivity contribution < 1.29 is 4.79 Å². The van der Waals surface area contributed by atoms with E-state index in [0.717, 1.165) is 17.8 Å². The second kappa shape index (κ2) is 5.76. The van der Waals surface area contributed by atoms with E-state index in [1.807, 2.05) is 36.4 Å². The molecule has 3 nitrogen and oxygen atoms in total. The Balaban J connectivity index is 1.57. The van der Waals surface area contributed by atoms with Gasteiger partial charge in [-0.3, -0.25) is 4.79 Å². The molecule has 1 unspecified atom stereocenters. The third-order valence-corrected chi connectivity index (χ3v) is 4.39. The molecular formula is C20H18N2O. The monoisotopic (exact) mass is 302 g/mol. The first kappa shape index (κ1) is 13.8. The van der Waals surface area contributed by atoms with Gasteiger partial charge in [0.25, 0.3) is 0 Å².